The third-order valence-electron chi connectivity index (χ3n) is 4.00. The summed E-state index contributed by atoms with van der Waals surface area (Å²) in [7, 11) is 0. The summed E-state index contributed by atoms with van der Waals surface area (Å²) in [5.74, 6) is -0.973. The van der Waals surface area contributed by atoms with Gasteiger partial charge in [0.1, 0.15) is 0 Å². The highest BCUT2D eigenvalue weighted by Gasteiger charge is 2.36. The van der Waals surface area contributed by atoms with Crippen molar-refractivity contribution in [3.63, 3.8) is 0 Å². The number of ether oxygens (including phenoxy) is 1. The minimum absolute atomic E-state index is 0.138. The number of carbonyl (C=O) groups excluding carboxylic acids is 1. The summed E-state index contributed by atoms with van der Waals surface area (Å²) in [5.41, 5.74) is 0. The molecule has 4 heteroatoms. The van der Waals surface area contributed by atoms with E-state index < -0.39 is 5.97 Å². The average molecular weight is 335 g/mol. The van der Waals surface area contributed by atoms with Gasteiger partial charge >= 0.3 is 0 Å². The van der Waals surface area contributed by atoms with Crippen LogP contribution in [-0.2, 0) is 9.53 Å². The predicted molar refractivity (Wildman–Crippen MR) is 94.3 cm³/mol. The van der Waals surface area contributed by atoms with Crippen molar-refractivity contribution in [1.29, 1.82) is 0 Å². The molecule has 0 aromatic carbocycles. The van der Waals surface area contributed by atoms with Gasteiger partial charge in [0.15, 0.2) is 0 Å². The first-order valence-corrected chi connectivity index (χ1v) is 9.15. The second-order valence-corrected chi connectivity index (χ2v) is 6.17. The van der Waals surface area contributed by atoms with E-state index in [1.807, 2.05) is 6.08 Å². The van der Waals surface area contributed by atoms with Crippen LogP contribution in [0.3, 0.4) is 0 Å². The highest BCUT2D eigenvalue weighted by atomic mass is 16.6. The number of aliphatic carboxylic acids is 1. The number of epoxide rings is 1. The van der Waals surface area contributed by atoms with Crippen molar-refractivity contribution in [2.24, 2.45) is 0 Å². The maximum Gasteiger partial charge on any atom is 0.0876 e. The number of carbonyl (C=O) groups is 1. The fraction of sp³-hybridized carbons (Fsp3) is 0.650. The molecule has 0 bridgehead atoms. The van der Waals surface area contributed by atoms with E-state index >= 15 is 0 Å². The Bertz CT molecular complexity index is 412. The molecule has 1 aliphatic heterocycles. The average Bonchev–Trinajstić information content (AvgIpc) is 3.30. The van der Waals surface area contributed by atoms with E-state index in [1.54, 1.807) is 0 Å². The van der Waals surface area contributed by atoms with Crippen molar-refractivity contribution in [1.82, 2.24) is 0 Å². The van der Waals surface area contributed by atoms with Crippen LogP contribution in [-0.4, -0.2) is 29.9 Å². The molecule has 1 saturated heterocycles. The summed E-state index contributed by atoms with van der Waals surface area (Å²) >= 11 is 0. The van der Waals surface area contributed by atoms with Gasteiger partial charge in [0.2, 0.25) is 0 Å². The maximum atomic E-state index is 10.2. The summed E-state index contributed by atoms with van der Waals surface area (Å²) in [4.78, 5) is 10.2. The van der Waals surface area contributed by atoms with Gasteiger partial charge in [-0.25, -0.2) is 0 Å². The third kappa shape index (κ3) is 12.1. The van der Waals surface area contributed by atoms with Gasteiger partial charge in [0.25, 0.3) is 0 Å². The van der Waals surface area contributed by atoms with Gasteiger partial charge in [-0.3, -0.25) is 0 Å². The molecule has 1 heterocycles. The number of rotatable bonds is 15. The fourth-order valence-electron chi connectivity index (χ4n) is 2.53. The molecule has 136 valence electrons. The zero-order valence-electron chi connectivity index (χ0n) is 14.6. The fourth-order valence-corrected chi connectivity index (χ4v) is 2.53. The molecule has 1 fully saturated rings. The van der Waals surface area contributed by atoms with Crippen LogP contribution in [0.15, 0.2) is 36.5 Å². The first kappa shape index (κ1) is 20.7. The van der Waals surface area contributed by atoms with E-state index in [2.05, 4.69) is 30.4 Å². The number of aliphatic hydroxyl groups is 1. The Labute approximate surface area is 145 Å². The van der Waals surface area contributed by atoms with Crippen LogP contribution in [0.2, 0.25) is 0 Å². The third-order valence-corrected chi connectivity index (χ3v) is 4.00. The van der Waals surface area contributed by atoms with E-state index in [-0.39, 0.29) is 6.42 Å². The Kier molecular flexibility index (Phi) is 12.0. The van der Waals surface area contributed by atoms with Crippen molar-refractivity contribution < 1.29 is 19.7 Å². The molecule has 1 N–H and O–H groups in total. The lowest BCUT2D eigenvalue weighted by Crippen LogP contribution is -2.21. The highest BCUT2D eigenvalue weighted by molar-refractivity contribution is 5.64. The SMILES string of the molecule is O=C([O-])CCC/C=C\C/C=C\C/C=C\CC1OC1CCCCCO. The van der Waals surface area contributed by atoms with Crippen LogP contribution >= 0.6 is 0 Å². The van der Waals surface area contributed by atoms with E-state index in [4.69, 9.17) is 9.84 Å². The van der Waals surface area contributed by atoms with E-state index in [0.29, 0.717) is 25.2 Å². The monoisotopic (exact) mass is 335 g/mol. The van der Waals surface area contributed by atoms with Gasteiger partial charge < -0.3 is 19.7 Å². The molecule has 0 amide bonds. The molecule has 0 aromatic heterocycles. The van der Waals surface area contributed by atoms with Crippen LogP contribution in [0.4, 0.5) is 0 Å². The van der Waals surface area contributed by atoms with Gasteiger partial charge in [0.05, 0.1) is 12.2 Å². The summed E-state index contributed by atoms with van der Waals surface area (Å²) in [6.45, 7) is 0.295. The topological polar surface area (TPSA) is 72.9 Å². The Morgan fingerprint density at radius 2 is 1.62 bits per heavy atom. The van der Waals surface area contributed by atoms with E-state index in [9.17, 15) is 9.90 Å². The summed E-state index contributed by atoms with van der Waals surface area (Å²) in [6, 6.07) is 0. The van der Waals surface area contributed by atoms with Gasteiger partial charge in [-0.05, 0) is 51.4 Å². The van der Waals surface area contributed by atoms with Gasteiger partial charge in [-0.15, -0.1) is 0 Å². The lowest BCUT2D eigenvalue weighted by atomic mass is 10.1. The molecule has 24 heavy (non-hydrogen) atoms. The molecule has 0 aliphatic carbocycles. The molecule has 1 rings (SSSR count). The number of unbranched alkanes of at least 4 members (excludes halogenated alkanes) is 3. The van der Waals surface area contributed by atoms with Crippen LogP contribution in [0.1, 0.15) is 64.2 Å². The summed E-state index contributed by atoms with van der Waals surface area (Å²) in [5, 5.41) is 18.9. The lowest BCUT2D eigenvalue weighted by Gasteiger charge is -1.97. The highest BCUT2D eigenvalue weighted by Crippen LogP contribution is 2.30. The van der Waals surface area contributed by atoms with Crippen LogP contribution in [0, 0.1) is 0 Å². The molecule has 1 aliphatic rings. The molecular formula is C20H31O4-. The first-order valence-electron chi connectivity index (χ1n) is 9.15. The maximum absolute atomic E-state index is 10.2. The number of hydrogen-bond donors (Lipinski definition) is 1. The second-order valence-electron chi connectivity index (χ2n) is 6.17. The van der Waals surface area contributed by atoms with E-state index in [0.717, 1.165) is 51.4 Å². The number of carboxylic acid groups (broad SMARTS) is 1. The molecule has 0 aromatic rings. The largest absolute Gasteiger partial charge is 0.550 e. The number of hydrogen-bond acceptors (Lipinski definition) is 4. The Morgan fingerprint density at radius 1 is 0.917 bits per heavy atom. The molecule has 2 atom stereocenters. The molecular weight excluding hydrogens is 304 g/mol. The number of allylic oxidation sites excluding steroid dienone is 5. The van der Waals surface area contributed by atoms with Crippen LogP contribution in [0.5, 0.6) is 0 Å². The van der Waals surface area contributed by atoms with Gasteiger partial charge in [0, 0.05) is 12.6 Å². The van der Waals surface area contributed by atoms with Crippen LogP contribution in [0.25, 0.3) is 0 Å². The second kappa shape index (κ2) is 14.0. The molecule has 0 saturated carbocycles. The first-order chi connectivity index (χ1) is 11.7. The Balaban J connectivity index is 1.89. The zero-order valence-corrected chi connectivity index (χ0v) is 14.6. The minimum atomic E-state index is -0.973. The van der Waals surface area contributed by atoms with Crippen LogP contribution < -0.4 is 5.11 Å². The smallest absolute Gasteiger partial charge is 0.0876 e. The summed E-state index contributed by atoms with van der Waals surface area (Å²) < 4.78 is 5.62. The van der Waals surface area contributed by atoms with Crippen molar-refractivity contribution in [2.45, 2.75) is 76.4 Å². The molecule has 2 unspecified atom stereocenters. The standard InChI is InChI=1S/C20H32O4/c21-17-13-9-11-15-19-18(24-19)14-10-7-5-3-1-2-4-6-8-12-16-20(22)23/h1,3-4,6-7,10,18-19,21H,2,5,8-9,11-17H2,(H,22,23)/p-1/b3-1-,6-4-,10-7-. The molecule has 4 nitrogen and oxygen atoms in total. The number of carboxylic acids is 1. The van der Waals surface area contributed by atoms with Crippen molar-refractivity contribution in [3.8, 4) is 0 Å². The normalized spacial score (nSPS) is 20.5. The molecule has 0 radical (unpaired) electrons. The Hall–Kier alpha value is -1.39. The Morgan fingerprint density at radius 3 is 2.33 bits per heavy atom. The van der Waals surface area contributed by atoms with Gasteiger partial charge in [-0.2, -0.15) is 0 Å². The lowest BCUT2D eigenvalue weighted by molar-refractivity contribution is -0.305. The zero-order chi connectivity index (χ0) is 17.5. The van der Waals surface area contributed by atoms with E-state index in [1.165, 1.54) is 0 Å². The summed E-state index contributed by atoms with van der Waals surface area (Å²) in [6.07, 6.45) is 22.2. The molecule has 0 spiro atoms. The minimum Gasteiger partial charge on any atom is -0.550 e. The van der Waals surface area contributed by atoms with Crippen molar-refractivity contribution in [2.75, 3.05) is 6.61 Å². The van der Waals surface area contributed by atoms with Crippen molar-refractivity contribution >= 4 is 5.97 Å². The number of aliphatic hydroxyl groups excluding tert-OH is 1. The van der Waals surface area contributed by atoms with Gasteiger partial charge in [-0.1, -0.05) is 49.3 Å². The predicted octanol–water partition coefficient (Wildman–Crippen LogP) is 3.07. The quantitative estimate of drug-likeness (QED) is 0.284. The van der Waals surface area contributed by atoms with Crippen molar-refractivity contribution in [3.05, 3.63) is 36.5 Å².